The van der Waals surface area contributed by atoms with E-state index in [1.165, 1.54) is 6.42 Å². The predicted octanol–water partition coefficient (Wildman–Crippen LogP) is 4.97. The molecule has 5 heteroatoms. The molecule has 0 aliphatic carbocycles. The Hall–Kier alpha value is -3.34. The average Bonchev–Trinajstić information content (AvgIpc) is 3.09. The van der Waals surface area contributed by atoms with Crippen molar-refractivity contribution in [2.45, 2.75) is 33.1 Å². The van der Waals surface area contributed by atoms with E-state index in [-0.39, 0.29) is 11.8 Å². The Labute approximate surface area is 177 Å². The molecule has 30 heavy (non-hydrogen) atoms. The molecule has 0 atom stereocenters. The van der Waals surface area contributed by atoms with Gasteiger partial charge in [-0.25, -0.2) is 0 Å². The fourth-order valence-electron chi connectivity index (χ4n) is 4.20. The molecule has 2 heterocycles. The zero-order valence-electron chi connectivity index (χ0n) is 17.5. The van der Waals surface area contributed by atoms with E-state index in [4.69, 9.17) is 0 Å². The van der Waals surface area contributed by atoms with Gasteiger partial charge in [-0.1, -0.05) is 30.3 Å². The molecule has 154 valence electrons. The first kappa shape index (κ1) is 20.0. The van der Waals surface area contributed by atoms with Gasteiger partial charge in [-0.3, -0.25) is 9.59 Å². The van der Waals surface area contributed by atoms with Crippen molar-refractivity contribution < 1.29 is 9.59 Å². The highest BCUT2D eigenvalue weighted by molar-refractivity contribution is 6.09. The lowest BCUT2D eigenvalue weighted by Crippen LogP contribution is -2.36. The second-order valence-corrected chi connectivity index (χ2v) is 7.81. The molecule has 0 spiro atoms. The Morgan fingerprint density at radius 1 is 0.833 bits per heavy atom. The third-order valence-corrected chi connectivity index (χ3v) is 5.74. The smallest absolute Gasteiger partial charge is 0.257 e. The summed E-state index contributed by atoms with van der Waals surface area (Å²) in [7, 11) is 0. The van der Waals surface area contributed by atoms with E-state index < -0.39 is 0 Å². The second-order valence-electron chi connectivity index (χ2n) is 7.81. The van der Waals surface area contributed by atoms with Crippen LogP contribution in [0.15, 0.2) is 60.7 Å². The van der Waals surface area contributed by atoms with Gasteiger partial charge < -0.3 is 14.8 Å². The molecule has 4 rings (SSSR count). The number of benzene rings is 2. The summed E-state index contributed by atoms with van der Waals surface area (Å²) in [6.45, 7) is 5.49. The maximum absolute atomic E-state index is 13.1. The molecular weight excluding hydrogens is 374 g/mol. The zero-order chi connectivity index (χ0) is 21.1. The number of piperidine rings is 1. The lowest BCUT2D eigenvalue weighted by Gasteiger charge is -2.27. The van der Waals surface area contributed by atoms with Crippen molar-refractivity contribution in [3.63, 3.8) is 0 Å². The zero-order valence-corrected chi connectivity index (χ0v) is 17.5. The van der Waals surface area contributed by atoms with Gasteiger partial charge in [0.05, 0.1) is 16.8 Å². The first-order valence-electron chi connectivity index (χ1n) is 10.5. The summed E-state index contributed by atoms with van der Waals surface area (Å²) in [5.74, 6) is -0.218. The number of hydrogen-bond donors (Lipinski definition) is 1. The van der Waals surface area contributed by atoms with Gasteiger partial charge in [0.1, 0.15) is 0 Å². The van der Waals surface area contributed by atoms with Crippen molar-refractivity contribution in [1.29, 1.82) is 0 Å². The van der Waals surface area contributed by atoms with Crippen molar-refractivity contribution in [3.05, 3.63) is 83.2 Å². The van der Waals surface area contributed by atoms with Crippen LogP contribution in [-0.4, -0.2) is 34.4 Å². The molecule has 3 aromatic rings. The summed E-state index contributed by atoms with van der Waals surface area (Å²) in [5, 5.41) is 2.98. The maximum atomic E-state index is 13.1. The molecule has 2 amide bonds. The van der Waals surface area contributed by atoms with E-state index in [0.29, 0.717) is 16.8 Å². The number of anilines is 1. The summed E-state index contributed by atoms with van der Waals surface area (Å²) in [6, 6.07) is 19.2. The van der Waals surface area contributed by atoms with Crippen molar-refractivity contribution in [1.82, 2.24) is 9.47 Å². The molecule has 0 unspecified atom stereocenters. The summed E-state index contributed by atoms with van der Waals surface area (Å²) in [6.07, 6.45) is 3.23. The van der Waals surface area contributed by atoms with E-state index in [1.54, 1.807) is 12.1 Å². The van der Waals surface area contributed by atoms with Crippen LogP contribution < -0.4 is 5.32 Å². The van der Waals surface area contributed by atoms with E-state index >= 15 is 0 Å². The van der Waals surface area contributed by atoms with Crippen LogP contribution in [0.1, 0.15) is 51.4 Å². The lowest BCUT2D eigenvalue weighted by atomic mass is 10.1. The molecular formula is C25H27N3O2. The molecule has 2 aromatic carbocycles. The molecule has 0 bridgehead atoms. The van der Waals surface area contributed by atoms with Gasteiger partial charge in [0.15, 0.2) is 0 Å². The van der Waals surface area contributed by atoms with Crippen LogP contribution in [0.4, 0.5) is 5.69 Å². The normalized spacial score (nSPS) is 13.9. The topological polar surface area (TPSA) is 54.3 Å². The number of carbonyl (C=O) groups is 2. The number of para-hydroxylation sites is 2. The second kappa shape index (κ2) is 8.57. The highest BCUT2D eigenvalue weighted by Gasteiger charge is 2.23. The number of rotatable bonds is 4. The van der Waals surface area contributed by atoms with Crippen LogP contribution in [0, 0.1) is 13.8 Å². The summed E-state index contributed by atoms with van der Waals surface area (Å²) < 4.78 is 2.07. The standard InChI is InChI=1S/C25H27N3O2/c1-18-17-22(19(2)28(18)20-11-5-3-6-12-20)24(29)26-23-14-8-7-13-21(23)25(30)27-15-9-4-10-16-27/h3,5-8,11-14,17H,4,9-10,15-16H2,1-2H3,(H,26,29). The number of likely N-dealkylation sites (tertiary alicyclic amines) is 1. The monoisotopic (exact) mass is 401 g/mol. The van der Waals surface area contributed by atoms with E-state index in [2.05, 4.69) is 9.88 Å². The van der Waals surface area contributed by atoms with Crippen LogP contribution in [0.3, 0.4) is 0 Å². The SMILES string of the molecule is Cc1cc(C(=O)Nc2ccccc2C(=O)N2CCCCC2)c(C)n1-c1ccccc1. The number of nitrogens with one attached hydrogen (secondary N) is 1. The molecule has 5 nitrogen and oxygen atoms in total. The van der Waals surface area contributed by atoms with Crippen molar-refractivity contribution in [2.24, 2.45) is 0 Å². The number of amides is 2. The molecule has 1 fully saturated rings. The Kier molecular flexibility index (Phi) is 5.70. The van der Waals surface area contributed by atoms with Gasteiger partial charge in [0.25, 0.3) is 11.8 Å². The Morgan fingerprint density at radius 3 is 2.23 bits per heavy atom. The largest absolute Gasteiger partial charge is 0.339 e. The van der Waals surface area contributed by atoms with Gasteiger partial charge in [-0.05, 0) is 63.4 Å². The quantitative estimate of drug-likeness (QED) is 0.671. The Balaban J connectivity index is 1.60. The van der Waals surface area contributed by atoms with Crippen LogP contribution in [-0.2, 0) is 0 Å². The first-order valence-corrected chi connectivity index (χ1v) is 10.5. The predicted molar refractivity (Wildman–Crippen MR) is 119 cm³/mol. The summed E-state index contributed by atoms with van der Waals surface area (Å²) in [5.41, 5.74) is 4.59. The molecule has 1 aromatic heterocycles. The molecule has 1 N–H and O–H groups in total. The minimum absolute atomic E-state index is 0.0136. The third-order valence-electron chi connectivity index (χ3n) is 5.74. The van der Waals surface area contributed by atoms with Crippen molar-refractivity contribution >= 4 is 17.5 Å². The maximum Gasteiger partial charge on any atom is 0.257 e. The molecule has 0 saturated carbocycles. The van der Waals surface area contributed by atoms with E-state index in [9.17, 15) is 9.59 Å². The third kappa shape index (κ3) is 3.88. The van der Waals surface area contributed by atoms with Gasteiger partial charge in [0, 0.05) is 30.2 Å². The van der Waals surface area contributed by atoms with Crippen LogP contribution in [0.2, 0.25) is 0 Å². The average molecular weight is 402 g/mol. The number of nitrogens with zero attached hydrogens (tertiary/aromatic N) is 2. The Bertz CT molecular complexity index is 1060. The van der Waals surface area contributed by atoms with Crippen LogP contribution in [0.5, 0.6) is 0 Å². The van der Waals surface area contributed by atoms with E-state index in [0.717, 1.165) is 43.0 Å². The van der Waals surface area contributed by atoms with Gasteiger partial charge in [-0.2, -0.15) is 0 Å². The minimum Gasteiger partial charge on any atom is -0.339 e. The van der Waals surface area contributed by atoms with Gasteiger partial charge in [-0.15, -0.1) is 0 Å². The van der Waals surface area contributed by atoms with Crippen LogP contribution >= 0.6 is 0 Å². The van der Waals surface area contributed by atoms with Gasteiger partial charge in [0.2, 0.25) is 0 Å². The first-order chi connectivity index (χ1) is 14.6. The van der Waals surface area contributed by atoms with Crippen molar-refractivity contribution in [2.75, 3.05) is 18.4 Å². The number of hydrogen-bond acceptors (Lipinski definition) is 2. The highest BCUT2D eigenvalue weighted by Crippen LogP contribution is 2.24. The number of aryl methyl sites for hydroxylation is 1. The van der Waals surface area contributed by atoms with Crippen molar-refractivity contribution in [3.8, 4) is 5.69 Å². The fraction of sp³-hybridized carbons (Fsp3) is 0.280. The highest BCUT2D eigenvalue weighted by atomic mass is 16.2. The summed E-state index contributed by atoms with van der Waals surface area (Å²) >= 11 is 0. The van der Waals surface area contributed by atoms with Gasteiger partial charge >= 0.3 is 0 Å². The summed E-state index contributed by atoms with van der Waals surface area (Å²) in [4.78, 5) is 28.0. The Morgan fingerprint density at radius 2 is 1.50 bits per heavy atom. The fourth-order valence-corrected chi connectivity index (χ4v) is 4.20. The molecule has 0 radical (unpaired) electrons. The molecule has 1 aliphatic rings. The molecule has 1 saturated heterocycles. The number of carbonyl (C=O) groups excluding carboxylic acids is 2. The number of aromatic nitrogens is 1. The minimum atomic E-state index is -0.204. The lowest BCUT2D eigenvalue weighted by molar-refractivity contribution is 0.0725. The van der Waals surface area contributed by atoms with E-state index in [1.807, 2.05) is 67.3 Å². The van der Waals surface area contributed by atoms with Crippen LogP contribution in [0.25, 0.3) is 5.69 Å². The molecule has 1 aliphatic heterocycles.